The van der Waals surface area contributed by atoms with E-state index in [9.17, 15) is 39.6 Å². The first kappa shape index (κ1) is 75.8. The number of sulfone groups is 3. The summed E-state index contributed by atoms with van der Waals surface area (Å²) in [5.41, 5.74) is 5.21. The van der Waals surface area contributed by atoms with Gasteiger partial charge in [-0.25, -0.2) is 25.3 Å². The number of ketones is 3. The third-order valence-corrected chi connectivity index (χ3v) is 14.5. The van der Waals surface area contributed by atoms with E-state index in [1.54, 1.807) is 0 Å². The number of carbonyl (C=O) groups is 3. The molecule has 71 heavy (non-hydrogen) atoms. The minimum atomic E-state index is -3.57. The molecule has 0 saturated heterocycles. The van der Waals surface area contributed by atoms with E-state index >= 15 is 0 Å². The van der Waals surface area contributed by atoms with Crippen LogP contribution in [0.4, 0.5) is 0 Å². The lowest BCUT2D eigenvalue weighted by molar-refractivity contribution is -0.119. The Kier molecular flexibility index (Phi) is 48.9. The molecule has 1 atom stereocenters. The van der Waals surface area contributed by atoms with Crippen molar-refractivity contribution in [3.63, 3.8) is 0 Å². The Labute approximate surface area is 449 Å². The van der Waals surface area contributed by atoms with Gasteiger partial charge in [-0.05, 0) is 67.9 Å². The maximum atomic E-state index is 12.5. The minimum absolute atomic E-state index is 0.191. The lowest BCUT2D eigenvalue weighted by Gasteiger charge is -2.30. The number of alkyl halides is 2. The molecule has 0 amide bonds. The van der Waals surface area contributed by atoms with Gasteiger partial charge in [0.15, 0.2) is 35.3 Å². The molecule has 0 aliphatic heterocycles. The molecule has 0 spiro atoms. The van der Waals surface area contributed by atoms with Crippen LogP contribution in [0.1, 0.15) is 118 Å². The molecule has 0 fully saturated rings. The lowest BCUT2D eigenvalue weighted by atomic mass is 9.88. The fourth-order valence-corrected chi connectivity index (χ4v) is 9.58. The molecule has 0 aromatic heterocycles. The Balaban J connectivity index is -0.000000258. The highest BCUT2D eigenvalue weighted by Gasteiger charge is 2.45. The van der Waals surface area contributed by atoms with Crippen LogP contribution in [0.2, 0.25) is 0 Å². The van der Waals surface area contributed by atoms with Crippen molar-refractivity contribution >= 4 is 78.7 Å². The van der Waals surface area contributed by atoms with Gasteiger partial charge in [-0.1, -0.05) is 253 Å². The Hall–Kier alpha value is -4.08. The highest BCUT2D eigenvalue weighted by atomic mass is 79.9. The number of rotatable bonds is 14. The summed E-state index contributed by atoms with van der Waals surface area (Å²) in [5, 5.41) is 0.988. The van der Waals surface area contributed by atoms with E-state index < -0.39 is 39.5 Å². The highest BCUT2D eigenvalue weighted by molar-refractivity contribution is 9.08. The molecule has 5 rings (SSSR count). The van der Waals surface area contributed by atoms with Crippen LogP contribution in [-0.4, -0.2) is 77.1 Å². The number of hydrogen-bond acceptors (Lipinski definition) is 9. The van der Waals surface area contributed by atoms with Crippen molar-refractivity contribution in [3.8, 4) is 0 Å². The lowest BCUT2D eigenvalue weighted by Crippen LogP contribution is -2.48. The summed E-state index contributed by atoms with van der Waals surface area (Å²) in [4.78, 5) is 33.6. The quantitative estimate of drug-likeness (QED) is 0.0989. The van der Waals surface area contributed by atoms with Crippen LogP contribution >= 0.6 is 31.9 Å². The van der Waals surface area contributed by atoms with Gasteiger partial charge in [0.1, 0.15) is 27.3 Å². The molecule has 0 N–H and O–H groups in total. The number of halogens is 2. The topological polar surface area (TPSA) is 154 Å². The maximum absolute atomic E-state index is 12.5. The summed E-state index contributed by atoms with van der Waals surface area (Å²) >= 11 is 6.71. The normalized spacial score (nSPS) is 10.3. The summed E-state index contributed by atoms with van der Waals surface area (Å²) < 4.78 is 66.7. The summed E-state index contributed by atoms with van der Waals surface area (Å²) in [6, 6.07) is 48.3. The second kappa shape index (κ2) is 45.8. The zero-order valence-corrected chi connectivity index (χ0v) is 51.0. The molecule has 5 aromatic carbocycles. The van der Waals surface area contributed by atoms with Crippen molar-refractivity contribution in [1.29, 1.82) is 0 Å². The van der Waals surface area contributed by atoms with Crippen molar-refractivity contribution in [1.82, 2.24) is 0 Å². The van der Waals surface area contributed by atoms with Crippen molar-refractivity contribution in [3.05, 3.63) is 179 Å². The predicted octanol–water partition coefficient (Wildman–Crippen LogP) is 14.0. The fourth-order valence-electron chi connectivity index (χ4n) is 5.61. The molecular formula is C57H86Br2O9S3. The molecule has 0 saturated carbocycles. The Bertz CT molecular complexity index is 2300. The van der Waals surface area contributed by atoms with E-state index in [0.717, 1.165) is 46.1 Å². The number of carbonyl (C=O) groups excluding carboxylic acids is 3. The first-order chi connectivity index (χ1) is 33.5. The molecule has 0 aliphatic carbocycles. The minimum Gasteiger partial charge on any atom is -0.299 e. The Morgan fingerprint density at radius 2 is 0.690 bits per heavy atom. The average molecular weight is 1170 g/mol. The average Bonchev–Trinajstić information content (AvgIpc) is 3.36. The smallest absolute Gasteiger partial charge is 0.160 e. The highest BCUT2D eigenvalue weighted by Crippen LogP contribution is 2.29. The second-order valence-electron chi connectivity index (χ2n) is 14.3. The molecule has 400 valence electrons. The first-order valence-corrected chi connectivity index (χ1v) is 32.1. The second-order valence-corrected chi connectivity index (χ2v) is 22.1. The van der Waals surface area contributed by atoms with Gasteiger partial charge in [-0.15, -0.1) is 0 Å². The Morgan fingerprint density at radius 3 is 0.845 bits per heavy atom. The third-order valence-electron chi connectivity index (χ3n) is 8.71. The molecule has 1 unspecified atom stereocenters. The van der Waals surface area contributed by atoms with Gasteiger partial charge in [0.05, 0.1) is 0 Å². The summed E-state index contributed by atoms with van der Waals surface area (Å²) in [6.07, 6.45) is 3.93. The molecule has 5 aromatic rings. The molecule has 9 nitrogen and oxygen atoms in total. The van der Waals surface area contributed by atoms with E-state index in [-0.39, 0.29) is 42.4 Å². The van der Waals surface area contributed by atoms with Crippen molar-refractivity contribution < 1.29 is 39.6 Å². The van der Waals surface area contributed by atoms with Gasteiger partial charge < -0.3 is 0 Å². The zero-order valence-electron chi connectivity index (χ0n) is 45.4. The van der Waals surface area contributed by atoms with Crippen molar-refractivity contribution in [2.24, 2.45) is 0 Å². The van der Waals surface area contributed by atoms with E-state index in [4.69, 9.17) is 0 Å². The predicted molar refractivity (Wildman–Crippen MR) is 313 cm³/mol. The van der Waals surface area contributed by atoms with Crippen molar-refractivity contribution in [2.75, 3.05) is 24.5 Å². The summed E-state index contributed by atoms with van der Waals surface area (Å²) in [6.45, 7) is 23.9. The maximum Gasteiger partial charge on any atom is 0.160 e. The van der Waals surface area contributed by atoms with E-state index in [1.807, 2.05) is 197 Å². The van der Waals surface area contributed by atoms with Crippen LogP contribution in [0.5, 0.6) is 0 Å². The van der Waals surface area contributed by atoms with E-state index in [1.165, 1.54) is 31.9 Å². The summed E-state index contributed by atoms with van der Waals surface area (Å²) in [7, 11) is -9.96. The van der Waals surface area contributed by atoms with E-state index in [0.29, 0.717) is 0 Å². The van der Waals surface area contributed by atoms with Gasteiger partial charge in [-0.2, -0.15) is 0 Å². The largest absolute Gasteiger partial charge is 0.299 e. The zero-order chi connectivity index (χ0) is 56.1. The monoisotopic (exact) mass is 1170 g/mol. The van der Waals surface area contributed by atoms with Gasteiger partial charge in [0, 0.05) is 29.4 Å². The van der Waals surface area contributed by atoms with Gasteiger partial charge >= 0.3 is 0 Å². The standard InChI is InChI=1S/C18H20O3S.C11H14O3S.2C7H7Br.C4H8O3S.5C2H6/c1-15(19)18(22(2,20)21,13-16-9-5-3-6-10-16)14-17-11-7-4-8-12-17;1-9(12)11(15(2,13)14)8-10-6-4-3-5-7-10;2*8-6-7-4-2-1-3-5-7;1-4(5)3-8(2,6)7;5*1-2/h3-12H,13-14H2,1-2H3;3-7,11H,8H2,1-2H3;2*1-5H,6H2;3H2,1-2H3;5*1-2H3. The van der Waals surface area contributed by atoms with Crippen LogP contribution in [0.15, 0.2) is 152 Å². The SMILES string of the molecule is BrCc1ccccc1.BrCc1ccccc1.CC.CC.CC.CC.CC.CC(=O)C(Cc1ccccc1)(Cc1ccccc1)S(C)(=O)=O.CC(=O)C(Cc1ccccc1)S(C)(=O)=O.CC(=O)CS(C)(=O)=O. The molecule has 14 heteroatoms. The van der Waals surface area contributed by atoms with Crippen LogP contribution in [0.25, 0.3) is 0 Å². The van der Waals surface area contributed by atoms with Crippen molar-refractivity contribution in [2.45, 2.75) is 130 Å². The van der Waals surface area contributed by atoms with Crippen LogP contribution in [0, 0.1) is 0 Å². The van der Waals surface area contributed by atoms with Gasteiger partial charge in [0.25, 0.3) is 0 Å². The number of hydrogen-bond donors (Lipinski definition) is 0. The van der Waals surface area contributed by atoms with E-state index in [2.05, 4.69) is 56.1 Å². The first-order valence-electron chi connectivity index (χ1n) is 23.9. The van der Waals surface area contributed by atoms with Crippen LogP contribution in [0.3, 0.4) is 0 Å². The van der Waals surface area contributed by atoms with Crippen LogP contribution in [-0.2, 0) is 73.8 Å². The van der Waals surface area contributed by atoms with Gasteiger partial charge in [0.2, 0.25) is 0 Å². The summed E-state index contributed by atoms with van der Waals surface area (Å²) in [5.74, 6) is -1.27. The molecular weight excluding hydrogens is 1080 g/mol. The molecule has 0 radical (unpaired) electrons. The number of Topliss-reactive ketones (excluding diaryl/α,β-unsaturated/α-hetero) is 3. The van der Waals surface area contributed by atoms with Gasteiger partial charge in [-0.3, -0.25) is 14.4 Å². The molecule has 0 aliphatic rings. The molecule has 0 bridgehead atoms. The molecule has 0 heterocycles. The van der Waals surface area contributed by atoms with Crippen LogP contribution < -0.4 is 0 Å². The number of benzene rings is 5. The fraction of sp³-hybridized carbons (Fsp3) is 0.421. The third kappa shape index (κ3) is 38.2. The Morgan fingerprint density at radius 1 is 0.437 bits per heavy atom.